The van der Waals surface area contributed by atoms with Gasteiger partial charge in [0.1, 0.15) is 0 Å². The molecule has 3 heteroatoms. The zero-order chi connectivity index (χ0) is 15.0. The number of rotatable bonds is 10. The third-order valence-electron chi connectivity index (χ3n) is 3.36. The quantitative estimate of drug-likeness (QED) is 0.672. The van der Waals surface area contributed by atoms with E-state index in [0.29, 0.717) is 11.8 Å². The molecule has 0 aliphatic carbocycles. The van der Waals surface area contributed by atoms with Gasteiger partial charge < -0.3 is 10.1 Å². The molecule has 1 unspecified atom stereocenters. The third-order valence-corrected chi connectivity index (χ3v) is 4.46. The highest BCUT2D eigenvalue weighted by atomic mass is 32.1. The highest BCUT2D eigenvalue weighted by Crippen LogP contribution is 2.22. The van der Waals surface area contributed by atoms with Gasteiger partial charge in [-0.1, -0.05) is 34.1 Å². The lowest BCUT2D eigenvalue weighted by Crippen LogP contribution is -2.18. The topological polar surface area (TPSA) is 21.3 Å². The summed E-state index contributed by atoms with van der Waals surface area (Å²) in [6.07, 6.45) is 2.50. The SMILES string of the molecule is CCCC(C)COCc1cc(CNCC(C)C)sc1C. The first-order valence-electron chi connectivity index (χ1n) is 7.89. The molecule has 0 saturated heterocycles. The Bertz CT molecular complexity index is 373. The molecular weight excluding hydrogens is 266 g/mol. The van der Waals surface area contributed by atoms with Crippen molar-refractivity contribution in [2.24, 2.45) is 11.8 Å². The molecule has 0 aliphatic heterocycles. The van der Waals surface area contributed by atoms with Crippen LogP contribution >= 0.6 is 11.3 Å². The lowest BCUT2D eigenvalue weighted by atomic mass is 10.1. The molecule has 116 valence electrons. The normalized spacial score (nSPS) is 13.1. The molecule has 0 bridgehead atoms. The average Bonchev–Trinajstić information content (AvgIpc) is 2.70. The Labute approximate surface area is 128 Å². The first-order valence-corrected chi connectivity index (χ1v) is 8.71. The van der Waals surface area contributed by atoms with E-state index in [1.54, 1.807) is 0 Å². The smallest absolute Gasteiger partial charge is 0.0727 e. The van der Waals surface area contributed by atoms with Crippen molar-refractivity contribution in [3.8, 4) is 0 Å². The van der Waals surface area contributed by atoms with Gasteiger partial charge in [-0.25, -0.2) is 0 Å². The van der Waals surface area contributed by atoms with Crippen LogP contribution < -0.4 is 5.32 Å². The van der Waals surface area contributed by atoms with Crippen LogP contribution in [0.4, 0.5) is 0 Å². The Morgan fingerprint density at radius 3 is 2.70 bits per heavy atom. The zero-order valence-corrected chi connectivity index (χ0v) is 14.6. The zero-order valence-electron chi connectivity index (χ0n) is 13.8. The van der Waals surface area contributed by atoms with E-state index in [4.69, 9.17) is 4.74 Å². The number of nitrogens with one attached hydrogen (secondary N) is 1. The first kappa shape index (κ1) is 17.7. The van der Waals surface area contributed by atoms with Crippen molar-refractivity contribution in [3.63, 3.8) is 0 Å². The maximum absolute atomic E-state index is 5.86. The van der Waals surface area contributed by atoms with Crippen molar-refractivity contribution in [2.75, 3.05) is 13.2 Å². The molecule has 1 heterocycles. The molecule has 0 amide bonds. The summed E-state index contributed by atoms with van der Waals surface area (Å²) in [6.45, 7) is 14.9. The Hall–Kier alpha value is -0.380. The molecule has 0 fully saturated rings. The maximum Gasteiger partial charge on any atom is 0.0727 e. The summed E-state index contributed by atoms with van der Waals surface area (Å²) in [4.78, 5) is 2.82. The Balaban J connectivity index is 2.33. The summed E-state index contributed by atoms with van der Waals surface area (Å²) in [5, 5.41) is 3.50. The second-order valence-corrected chi connectivity index (χ2v) is 7.57. The fraction of sp³-hybridized carbons (Fsp3) is 0.765. The second-order valence-electron chi connectivity index (χ2n) is 6.23. The number of hydrogen-bond donors (Lipinski definition) is 1. The van der Waals surface area contributed by atoms with Gasteiger partial charge in [0.25, 0.3) is 0 Å². The van der Waals surface area contributed by atoms with E-state index in [-0.39, 0.29) is 0 Å². The van der Waals surface area contributed by atoms with Crippen LogP contribution in [0.1, 0.15) is 55.9 Å². The maximum atomic E-state index is 5.86. The van der Waals surface area contributed by atoms with Gasteiger partial charge in [-0.05, 0) is 43.4 Å². The van der Waals surface area contributed by atoms with E-state index in [2.05, 4.69) is 46.0 Å². The van der Waals surface area contributed by atoms with Crippen LogP contribution in [-0.2, 0) is 17.9 Å². The largest absolute Gasteiger partial charge is 0.376 e. The van der Waals surface area contributed by atoms with Crippen LogP contribution in [0, 0.1) is 18.8 Å². The second kappa shape index (κ2) is 9.54. The van der Waals surface area contributed by atoms with Crippen LogP contribution in [0.25, 0.3) is 0 Å². The number of ether oxygens (including phenoxy) is 1. The van der Waals surface area contributed by atoms with Gasteiger partial charge >= 0.3 is 0 Å². The van der Waals surface area contributed by atoms with Crippen LogP contribution in [0.5, 0.6) is 0 Å². The summed E-state index contributed by atoms with van der Waals surface area (Å²) in [6, 6.07) is 2.30. The molecule has 0 spiro atoms. The van der Waals surface area contributed by atoms with E-state index >= 15 is 0 Å². The highest BCUT2D eigenvalue weighted by Gasteiger charge is 2.07. The molecule has 2 nitrogen and oxygen atoms in total. The van der Waals surface area contributed by atoms with E-state index in [9.17, 15) is 0 Å². The Kier molecular flexibility index (Phi) is 8.43. The van der Waals surface area contributed by atoms with Gasteiger partial charge in [0, 0.05) is 22.9 Å². The van der Waals surface area contributed by atoms with Crippen LogP contribution in [0.2, 0.25) is 0 Å². The van der Waals surface area contributed by atoms with E-state index in [0.717, 1.165) is 26.3 Å². The molecular formula is C17H31NOS. The first-order chi connectivity index (χ1) is 9.52. The molecule has 1 N–H and O–H groups in total. The predicted octanol–water partition coefficient (Wildman–Crippen LogP) is 4.75. The molecule has 1 aromatic heterocycles. The molecule has 0 radical (unpaired) electrons. The number of thiophene rings is 1. The minimum atomic E-state index is 0.672. The lowest BCUT2D eigenvalue weighted by Gasteiger charge is -2.10. The van der Waals surface area contributed by atoms with E-state index < -0.39 is 0 Å². The van der Waals surface area contributed by atoms with Crippen LogP contribution in [-0.4, -0.2) is 13.2 Å². The van der Waals surface area contributed by atoms with Gasteiger partial charge in [0.05, 0.1) is 6.61 Å². The Morgan fingerprint density at radius 2 is 2.05 bits per heavy atom. The summed E-state index contributed by atoms with van der Waals surface area (Å²) in [5.74, 6) is 1.38. The van der Waals surface area contributed by atoms with Gasteiger partial charge in [-0.2, -0.15) is 0 Å². The van der Waals surface area contributed by atoms with Gasteiger partial charge in [-0.3, -0.25) is 0 Å². The van der Waals surface area contributed by atoms with Gasteiger partial charge in [-0.15, -0.1) is 11.3 Å². The van der Waals surface area contributed by atoms with Crippen molar-refractivity contribution in [2.45, 2.75) is 60.6 Å². The Morgan fingerprint density at radius 1 is 1.30 bits per heavy atom. The highest BCUT2D eigenvalue weighted by molar-refractivity contribution is 7.12. The molecule has 0 aliphatic rings. The molecule has 1 atom stereocenters. The fourth-order valence-electron chi connectivity index (χ4n) is 2.25. The summed E-state index contributed by atoms with van der Waals surface area (Å²) in [7, 11) is 0. The van der Waals surface area contributed by atoms with E-state index in [1.165, 1.54) is 28.2 Å². The average molecular weight is 298 g/mol. The summed E-state index contributed by atoms with van der Waals surface area (Å²) >= 11 is 1.89. The van der Waals surface area contributed by atoms with Crippen molar-refractivity contribution < 1.29 is 4.74 Å². The van der Waals surface area contributed by atoms with Crippen molar-refractivity contribution in [1.82, 2.24) is 5.32 Å². The van der Waals surface area contributed by atoms with Gasteiger partial charge in [0.2, 0.25) is 0 Å². The minimum absolute atomic E-state index is 0.672. The van der Waals surface area contributed by atoms with Crippen molar-refractivity contribution in [3.05, 3.63) is 21.4 Å². The van der Waals surface area contributed by atoms with Crippen molar-refractivity contribution >= 4 is 11.3 Å². The minimum Gasteiger partial charge on any atom is -0.376 e. The molecule has 0 saturated carbocycles. The monoisotopic (exact) mass is 297 g/mol. The van der Waals surface area contributed by atoms with Gasteiger partial charge in [0.15, 0.2) is 0 Å². The number of hydrogen-bond acceptors (Lipinski definition) is 3. The summed E-state index contributed by atoms with van der Waals surface area (Å²) < 4.78 is 5.86. The molecule has 1 rings (SSSR count). The predicted molar refractivity (Wildman–Crippen MR) is 89.3 cm³/mol. The van der Waals surface area contributed by atoms with Crippen molar-refractivity contribution in [1.29, 1.82) is 0 Å². The molecule has 1 aromatic rings. The number of aryl methyl sites for hydroxylation is 1. The fourth-order valence-corrected chi connectivity index (χ4v) is 3.27. The lowest BCUT2D eigenvalue weighted by molar-refractivity contribution is 0.0892. The van der Waals surface area contributed by atoms with Crippen LogP contribution in [0.3, 0.4) is 0 Å². The standard InChI is InChI=1S/C17H31NOS/c1-6-7-14(4)11-19-12-16-8-17(20-15(16)5)10-18-9-13(2)3/h8,13-14,18H,6-7,9-12H2,1-5H3. The summed E-state index contributed by atoms with van der Waals surface area (Å²) in [5.41, 5.74) is 1.36. The van der Waals surface area contributed by atoms with Crippen LogP contribution in [0.15, 0.2) is 6.07 Å². The van der Waals surface area contributed by atoms with E-state index in [1.807, 2.05) is 11.3 Å². The molecule has 0 aromatic carbocycles. The third kappa shape index (κ3) is 6.87. The molecule has 20 heavy (non-hydrogen) atoms.